The number of ether oxygens (including phenoxy) is 1. The van der Waals surface area contributed by atoms with Crippen LogP contribution in [-0.2, 0) is 17.8 Å². The van der Waals surface area contributed by atoms with Crippen molar-refractivity contribution in [2.45, 2.75) is 33.3 Å². The van der Waals surface area contributed by atoms with Crippen LogP contribution >= 0.6 is 11.3 Å². The highest BCUT2D eigenvalue weighted by atomic mass is 32.1. The largest absolute Gasteiger partial charge is 0.477 e. The summed E-state index contributed by atoms with van der Waals surface area (Å²) in [5.74, 6) is -0.897. The van der Waals surface area contributed by atoms with Gasteiger partial charge in [-0.15, -0.1) is 11.3 Å². The van der Waals surface area contributed by atoms with E-state index in [-0.39, 0.29) is 0 Å². The minimum atomic E-state index is -0.897. The quantitative estimate of drug-likeness (QED) is 0.760. The molecule has 15 heavy (non-hydrogen) atoms. The molecule has 1 N–H and O–H groups in total. The Labute approximate surface area is 92.9 Å². The Morgan fingerprint density at radius 1 is 1.53 bits per heavy atom. The Balaban J connectivity index is 2.70. The van der Waals surface area contributed by atoms with Crippen LogP contribution in [0.5, 0.6) is 0 Å². The number of carbonyl (C=O) groups is 1. The molecule has 0 fully saturated rings. The fourth-order valence-electron chi connectivity index (χ4n) is 1.17. The molecule has 1 aromatic rings. The van der Waals surface area contributed by atoms with Crippen LogP contribution in [0.4, 0.5) is 0 Å². The second-order valence-corrected chi connectivity index (χ2v) is 4.18. The highest BCUT2D eigenvalue weighted by molar-refractivity contribution is 7.13. The second kappa shape index (κ2) is 5.82. The van der Waals surface area contributed by atoms with Gasteiger partial charge in [0.2, 0.25) is 0 Å². The number of nitrogens with zero attached hydrogens (tertiary/aromatic N) is 1. The summed E-state index contributed by atoms with van der Waals surface area (Å²) in [4.78, 5) is 15.4. The predicted octanol–water partition coefficient (Wildman–Crippen LogP) is 2.33. The minimum absolute atomic E-state index is 0.340. The molecule has 0 aromatic carbocycles. The molecule has 0 radical (unpaired) electrons. The summed E-state index contributed by atoms with van der Waals surface area (Å²) in [6.07, 6.45) is 1.60. The van der Waals surface area contributed by atoms with Crippen molar-refractivity contribution in [2.75, 3.05) is 6.61 Å². The molecule has 0 aliphatic carbocycles. The van der Waals surface area contributed by atoms with Gasteiger partial charge in [-0.05, 0) is 12.8 Å². The summed E-state index contributed by atoms with van der Waals surface area (Å²) >= 11 is 1.21. The van der Waals surface area contributed by atoms with Crippen LogP contribution in [0.3, 0.4) is 0 Å². The van der Waals surface area contributed by atoms with E-state index in [0.717, 1.165) is 11.4 Å². The first kappa shape index (κ1) is 12.1. The standard InChI is InChI=1S/C10H15NO3S/c1-3-5-14-6-8-11-7(4-2)9(15-8)10(12)13/h3-6H2,1-2H3,(H,12,13). The first-order valence-electron chi connectivity index (χ1n) is 4.98. The predicted molar refractivity (Wildman–Crippen MR) is 58.4 cm³/mol. The summed E-state index contributed by atoms with van der Waals surface area (Å²) in [5.41, 5.74) is 0.655. The SMILES string of the molecule is CCCOCc1nc(CC)c(C(=O)O)s1. The Morgan fingerprint density at radius 2 is 2.27 bits per heavy atom. The van der Waals surface area contributed by atoms with Crippen molar-refractivity contribution in [1.82, 2.24) is 4.98 Å². The summed E-state index contributed by atoms with van der Waals surface area (Å²) in [6.45, 7) is 5.03. The third-order valence-electron chi connectivity index (χ3n) is 1.84. The number of aromatic nitrogens is 1. The Kier molecular flexibility index (Phi) is 4.71. The molecule has 0 aliphatic heterocycles. The van der Waals surface area contributed by atoms with Gasteiger partial charge in [-0.1, -0.05) is 13.8 Å². The molecule has 1 heterocycles. The molecule has 0 saturated heterocycles. The third-order valence-corrected chi connectivity index (χ3v) is 2.90. The molecular weight excluding hydrogens is 214 g/mol. The molecule has 0 bridgehead atoms. The molecule has 0 spiro atoms. The second-order valence-electron chi connectivity index (χ2n) is 3.09. The molecule has 4 nitrogen and oxygen atoms in total. The molecule has 5 heteroatoms. The van der Waals surface area contributed by atoms with Gasteiger partial charge in [0.15, 0.2) is 0 Å². The third kappa shape index (κ3) is 3.28. The van der Waals surface area contributed by atoms with Crippen molar-refractivity contribution in [3.05, 3.63) is 15.6 Å². The maximum Gasteiger partial charge on any atom is 0.347 e. The molecule has 0 atom stereocenters. The number of rotatable bonds is 6. The van der Waals surface area contributed by atoms with Crippen LogP contribution in [0.1, 0.15) is 40.6 Å². The number of aryl methyl sites for hydroxylation is 1. The first-order chi connectivity index (χ1) is 7.19. The smallest absolute Gasteiger partial charge is 0.347 e. The molecule has 0 unspecified atom stereocenters. The summed E-state index contributed by atoms with van der Waals surface area (Å²) in [6, 6.07) is 0. The zero-order valence-corrected chi connectivity index (χ0v) is 9.76. The van der Waals surface area contributed by atoms with Crippen LogP contribution in [0.25, 0.3) is 0 Å². The van der Waals surface area contributed by atoms with E-state index in [1.165, 1.54) is 11.3 Å². The zero-order chi connectivity index (χ0) is 11.3. The molecule has 0 saturated carbocycles. The van der Waals surface area contributed by atoms with Gasteiger partial charge in [-0.25, -0.2) is 9.78 Å². The van der Waals surface area contributed by atoms with Crippen molar-refractivity contribution in [3.8, 4) is 0 Å². The highest BCUT2D eigenvalue weighted by Crippen LogP contribution is 2.19. The van der Waals surface area contributed by atoms with E-state index in [1.54, 1.807) is 0 Å². The average Bonchev–Trinajstić information content (AvgIpc) is 2.62. The van der Waals surface area contributed by atoms with Crippen LogP contribution in [-0.4, -0.2) is 22.7 Å². The average molecular weight is 229 g/mol. The molecule has 0 amide bonds. The van der Waals surface area contributed by atoms with E-state index in [4.69, 9.17) is 9.84 Å². The fraction of sp³-hybridized carbons (Fsp3) is 0.600. The van der Waals surface area contributed by atoms with E-state index in [2.05, 4.69) is 4.98 Å². The number of hydrogen-bond acceptors (Lipinski definition) is 4. The van der Waals surface area contributed by atoms with E-state index in [0.29, 0.717) is 30.2 Å². The lowest BCUT2D eigenvalue weighted by atomic mass is 10.3. The van der Waals surface area contributed by atoms with Gasteiger partial charge in [-0.3, -0.25) is 0 Å². The topological polar surface area (TPSA) is 59.4 Å². The van der Waals surface area contributed by atoms with E-state index >= 15 is 0 Å². The highest BCUT2D eigenvalue weighted by Gasteiger charge is 2.15. The van der Waals surface area contributed by atoms with Crippen molar-refractivity contribution >= 4 is 17.3 Å². The van der Waals surface area contributed by atoms with E-state index in [9.17, 15) is 4.79 Å². The van der Waals surface area contributed by atoms with Gasteiger partial charge in [0.1, 0.15) is 9.88 Å². The lowest BCUT2D eigenvalue weighted by Crippen LogP contribution is -1.97. The first-order valence-corrected chi connectivity index (χ1v) is 5.80. The molecular formula is C10H15NO3S. The molecule has 0 aliphatic rings. The molecule has 1 rings (SSSR count). The lowest BCUT2D eigenvalue weighted by molar-refractivity contribution is 0.0701. The Morgan fingerprint density at radius 3 is 2.73 bits per heavy atom. The van der Waals surface area contributed by atoms with Crippen molar-refractivity contribution in [1.29, 1.82) is 0 Å². The van der Waals surface area contributed by atoms with Crippen LogP contribution < -0.4 is 0 Å². The van der Waals surface area contributed by atoms with Crippen LogP contribution in [0, 0.1) is 0 Å². The normalized spacial score (nSPS) is 10.5. The number of carboxylic acid groups (broad SMARTS) is 1. The lowest BCUT2D eigenvalue weighted by Gasteiger charge is -1.96. The number of hydrogen-bond donors (Lipinski definition) is 1. The Hall–Kier alpha value is -0.940. The zero-order valence-electron chi connectivity index (χ0n) is 8.95. The van der Waals surface area contributed by atoms with Gasteiger partial charge in [-0.2, -0.15) is 0 Å². The number of aromatic carboxylic acids is 1. The van der Waals surface area contributed by atoms with Crippen molar-refractivity contribution in [3.63, 3.8) is 0 Å². The summed E-state index contributed by atoms with van der Waals surface area (Å²) < 4.78 is 5.32. The van der Waals surface area contributed by atoms with Gasteiger partial charge in [0, 0.05) is 6.61 Å². The van der Waals surface area contributed by atoms with Gasteiger partial charge in [0.25, 0.3) is 0 Å². The van der Waals surface area contributed by atoms with Crippen LogP contribution in [0.2, 0.25) is 0 Å². The fourth-order valence-corrected chi connectivity index (χ4v) is 2.10. The van der Waals surface area contributed by atoms with Gasteiger partial charge < -0.3 is 9.84 Å². The van der Waals surface area contributed by atoms with E-state index in [1.807, 2.05) is 13.8 Å². The number of thiazole rings is 1. The summed E-state index contributed by atoms with van der Waals surface area (Å²) in [5, 5.41) is 9.66. The number of carboxylic acids is 1. The maximum atomic E-state index is 10.9. The monoisotopic (exact) mass is 229 g/mol. The van der Waals surface area contributed by atoms with Crippen molar-refractivity contribution in [2.24, 2.45) is 0 Å². The maximum absolute atomic E-state index is 10.9. The minimum Gasteiger partial charge on any atom is -0.477 e. The van der Waals surface area contributed by atoms with Crippen LogP contribution in [0.15, 0.2) is 0 Å². The molecule has 84 valence electrons. The van der Waals surface area contributed by atoms with Gasteiger partial charge >= 0.3 is 5.97 Å². The summed E-state index contributed by atoms with van der Waals surface area (Å²) in [7, 11) is 0. The van der Waals surface area contributed by atoms with Crippen molar-refractivity contribution < 1.29 is 14.6 Å². The molecule has 1 aromatic heterocycles. The van der Waals surface area contributed by atoms with Gasteiger partial charge in [0.05, 0.1) is 12.3 Å². The van der Waals surface area contributed by atoms with E-state index < -0.39 is 5.97 Å². The Bertz CT molecular complexity index is 335.